The van der Waals surface area contributed by atoms with Crippen LogP contribution in [0.2, 0.25) is 0 Å². The molecule has 0 aliphatic rings. The summed E-state index contributed by atoms with van der Waals surface area (Å²) in [6, 6.07) is 0. The summed E-state index contributed by atoms with van der Waals surface area (Å²) in [7, 11) is 3.88. The fraction of sp³-hybridized carbons (Fsp3) is 0.938. The monoisotopic (exact) mass is 272 g/mol. The lowest BCUT2D eigenvalue weighted by Crippen LogP contribution is -2.41. The maximum Gasteiger partial charge on any atom is 0.363 e. The van der Waals surface area contributed by atoms with Crippen LogP contribution < -0.4 is 0 Å². The molecule has 3 heteroatoms. The summed E-state index contributed by atoms with van der Waals surface area (Å²) in [5, 5.41) is 0. The highest BCUT2D eigenvalue weighted by Gasteiger charge is 2.18. The van der Waals surface area contributed by atoms with E-state index in [4.69, 9.17) is 4.84 Å². The maximum absolute atomic E-state index is 10.9. The second-order valence-corrected chi connectivity index (χ2v) is 6.06. The minimum absolute atomic E-state index is 0.197. The van der Waals surface area contributed by atoms with E-state index in [-0.39, 0.29) is 5.97 Å². The molecule has 0 aliphatic heterocycles. The van der Waals surface area contributed by atoms with Gasteiger partial charge in [0.15, 0.2) is 0 Å². The summed E-state index contributed by atoms with van der Waals surface area (Å²) in [5.41, 5.74) is 0. The van der Waals surface area contributed by atoms with E-state index in [1.54, 1.807) is 0 Å². The van der Waals surface area contributed by atoms with Crippen molar-refractivity contribution in [3.8, 4) is 0 Å². The predicted octanol–water partition coefficient (Wildman–Crippen LogP) is 4.46. The van der Waals surface area contributed by atoms with Gasteiger partial charge in [0.1, 0.15) is 20.6 Å². The lowest BCUT2D eigenvalue weighted by atomic mass is 10.1. The molecule has 0 aromatic carbocycles. The summed E-state index contributed by atoms with van der Waals surface area (Å²) < 4.78 is 0.354. The molecule has 0 atom stereocenters. The van der Waals surface area contributed by atoms with Crippen molar-refractivity contribution in [1.29, 1.82) is 0 Å². The van der Waals surface area contributed by atoms with Crippen molar-refractivity contribution in [3.63, 3.8) is 0 Å². The highest BCUT2D eigenvalue weighted by molar-refractivity contribution is 5.65. The summed E-state index contributed by atoms with van der Waals surface area (Å²) in [6.45, 7) is 4.64. The molecule has 0 fully saturated rings. The molecular formula is C16H34NO2+. The van der Waals surface area contributed by atoms with Crippen molar-refractivity contribution in [2.45, 2.75) is 78.1 Å². The zero-order valence-electron chi connectivity index (χ0n) is 13.5. The molecule has 114 valence electrons. The molecule has 0 heterocycles. The molecule has 19 heavy (non-hydrogen) atoms. The first-order chi connectivity index (χ1) is 8.98. The molecule has 0 aromatic heterocycles. The summed E-state index contributed by atoms with van der Waals surface area (Å²) in [4.78, 5) is 16.1. The molecule has 3 nitrogen and oxygen atoms in total. The second-order valence-electron chi connectivity index (χ2n) is 6.06. The zero-order valence-corrected chi connectivity index (χ0v) is 13.5. The van der Waals surface area contributed by atoms with Crippen molar-refractivity contribution in [2.24, 2.45) is 0 Å². The number of nitrogens with zero attached hydrogens (tertiary/aromatic N) is 1. The highest BCUT2D eigenvalue weighted by Crippen LogP contribution is 2.11. The van der Waals surface area contributed by atoms with Crippen LogP contribution in [0.3, 0.4) is 0 Å². The molecular weight excluding hydrogens is 238 g/mol. The van der Waals surface area contributed by atoms with E-state index in [1.807, 2.05) is 14.1 Å². The minimum Gasteiger partial charge on any atom is -0.277 e. The molecule has 0 aliphatic carbocycles. The largest absolute Gasteiger partial charge is 0.363 e. The van der Waals surface area contributed by atoms with Crippen LogP contribution in [0, 0.1) is 0 Å². The Morgan fingerprint density at radius 1 is 0.842 bits per heavy atom. The number of quaternary nitrogens is 1. The van der Waals surface area contributed by atoms with Gasteiger partial charge in [0.2, 0.25) is 0 Å². The molecule has 0 N–H and O–H groups in total. The molecule has 0 amide bonds. The van der Waals surface area contributed by atoms with E-state index in [0.717, 1.165) is 13.0 Å². The zero-order chi connectivity index (χ0) is 14.6. The van der Waals surface area contributed by atoms with Crippen LogP contribution in [0.1, 0.15) is 78.1 Å². The number of carbonyl (C=O) groups is 1. The molecule has 0 radical (unpaired) electrons. The molecule has 0 spiro atoms. The minimum atomic E-state index is -0.197. The van der Waals surface area contributed by atoms with Gasteiger partial charge in [-0.15, -0.1) is 4.65 Å². The van der Waals surface area contributed by atoms with Crippen LogP contribution in [-0.2, 0) is 9.63 Å². The van der Waals surface area contributed by atoms with Gasteiger partial charge in [0, 0.05) is 13.3 Å². The van der Waals surface area contributed by atoms with E-state index >= 15 is 0 Å². The van der Waals surface area contributed by atoms with Crippen molar-refractivity contribution >= 4 is 5.97 Å². The van der Waals surface area contributed by atoms with Crippen molar-refractivity contribution in [3.05, 3.63) is 0 Å². The van der Waals surface area contributed by atoms with Crippen LogP contribution in [-0.4, -0.2) is 31.3 Å². The smallest absolute Gasteiger partial charge is 0.277 e. The maximum atomic E-state index is 10.9. The Balaban J connectivity index is 3.28. The van der Waals surface area contributed by atoms with Gasteiger partial charge in [-0.3, -0.25) is 4.84 Å². The quantitative estimate of drug-likeness (QED) is 0.298. The molecule has 0 aromatic rings. The summed E-state index contributed by atoms with van der Waals surface area (Å²) >= 11 is 0. The third-order valence-electron chi connectivity index (χ3n) is 3.43. The standard InChI is InChI=1S/C16H34NO2/c1-5-6-7-8-9-10-11-12-13-14-15-17(3,4)19-16(2)18/h5-15H2,1-4H3/q+1. The first-order valence-corrected chi connectivity index (χ1v) is 8.01. The molecule has 0 saturated carbocycles. The second kappa shape index (κ2) is 11.3. The van der Waals surface area contributed by atoms with E-state index < -0.39 is 0 Å². The number of hydrogen-bond acceptors (Lipinski definition) is 2. The highest BCUT2D eigenvalue weighted by atomic mass is 16.7. The lowest BCUT2D eigenvalue weighted by Gasteiger charge is -2.25. The van der Waals surface area contributed by atoms with Crippen LogP contribution in [0.25, 0.3) is 0 Å². The fourth-order valence-electron chi connectivity index (χ4n) is 2.37. The Hall–Kier alpha value is -0.570. The fourth-order valence-corrected chi connectivity index (χ4v) is 2.37. The Morgan fingerprint density at radius 2 is 1.26 bits per heavy atom. The van der Waals surface area contributed by atoms with Crippen LogP contribution in [0.4, 0.5) is 0 Å². The van der Waals surface area contributed by atoms with Gasteiger partial charge in [0.05, 0.1) is 0 Å². The topological polar surface area (TPSA) is 26.3 Å². The Labute approximate surface area is 119 Å². The Bertz CT molecular complexity index is 227. The van der Waals surface area contributed by atoms with Gasteiger partial charge in [-0.1, -0.05) is 58.3 Å². The number of hydroxylamine groups is 3. The number of hydrogen-bond donors (Lipinski definition) is 0. The number of unbranched alkanes of at least 4 members (excludes halogenated alkanes) is 9. The van der Waals surface area contributed by atoms with Gasteiger partial charge < -0.3 is 0 Å². The van der Waals surface area contributed by atoms with Crippen molar-refractivity contribution in [1.82, 2.24) is 0 Å². The summed E-state index contributed by atoms with van der Waals surface area (Å²) in [5.74, 6) is -0.197. The third-order valence-corrected chi connectivity index (χ3v) is 3.43. The normalized spacial score (nSPS) is 11.6. The molecule has 0 bridgehead atoms. The first kappa shape index (κ1) is 18.4. The van der Waals surface area contributed by atoms with Crippen LogP contribution in [0.15, 0.2) is 0 Å². The van der Waals surface area contributed by atoms with E-state index in [9.17, 15) is 4.79 Å². The number of rotatable bonds is 12. The SMILES string of the molecule is CCCCCCCCCCCC[N+](C)(C)OC(C)=O. The van der Waals surface area contributed by atoms with Crippen molar-refractivity contribution < 1.29 is 14.3 Å². The first-order valence-electron chi connectivity index (χ1n) is 8.01. The molecule has 0 unspecified atom stereocenters. The van der Waals surface area contributed by atoms with E-state index in [1.165, 1.54) is 64.7 Å². The molecule has 0 saturated heterocycles. The van der Waals surface area contributed by atoms with E-state index in [2.05, 4.69) is 6.92 Å². The van der Waals surface area contributed by atoms with Crippen LogP contribution in [0.5, 0.6) is 0 Å². The van der Waals surface area contributed by atoms with Gasteiger partial charge >= 0.3 is 5.97 Å². The van der Waals surface area contributed by atoms with Gasteiger partial charge in [-0.2, -0.15) is 0 Å². The Morgan fingerprint density at radius 3 is 1.68 bits per heavy atom. The predicted molar refractivity (Wildman–Crippen MR) is 80.6 cm³/mol. The van der Waals surface area contributed by atoms with Gasteiger partial charge in [0.25, 0.3) is 0 Å². The van der Waals surface area contributed by atoms with Gasteiger partial charge in [-0.05, 0) is 6.42 Å². The van der Waals surface area contributed by atoms with Gasteiger partial charge in [-0.25, -0.2) is 4.79 Å². The Kier molecular flexibility index (Phi) is 10.9. The van der Waals surface area contributed by atoms with Crippen molar-refractivity contribution in [2.75, 3.05) is 20.6 Å². The van der Waals surface area contributed by atoms with Crippen LogP contribution >= 0.6 is 0 Å². The van der Waals surface area contributed by atoms with E-state index in [0.29, 0.717) is 4.65 Å². The number of carbonyl (C=O) groups excluding carboxylic acids is 1. The summed E-state index contributed by atoms with van der Waals surface area (Å²) in [6.07, 6.45) is 13.4. The molecule has 0 rings (SSSR count). The average Bonchev–Trinajstić information content (AvgIpc) is 2.30. The third kappa shape index (κ3) is 13.7. The lowest BCUT2D eigenvalue weighted by molar-refractivity contribution is -1.06. The average molecular weight is 272 g/mol.